The largest absolute Gasteiger partial charge is 0.475 e. The predicted molar refractivity (Wildman–Crippen MR) is 65.5 cm³/mol. The normalized spacial score (nSPS) is 10.6. The van der Waals surface area contributed by atoms with E-state index in [1.54, 1.807) is 25.1 Å². The van der Waals surface area contributed by atoms with E-state index in [0.29, 0.717) is 16.3 Å². The van der Waals surface area contributed by atoms with Crippen molar-refractivity contribution >= 4 is 17.6 Å². The molecule has 0 aliphatic rings. The van der Waals surface area contributed by atoms with Crippen molar-refractivity contribution in [2.75, 3.05) is 0 Å². The van der Waals surface area contributed by atoms with Gasteiger partial charge in [0.1, 0.15) is 0 Å². The van der Waals surface area contributed by atoms with Crippen LogP contribution in [-0.4, -0.2) is 25.4 Å². The molecule has 0 saturated carbocycles. The van der Waals surface area contributed by atoms with Gasteiger partial charge in [0.2, 0.25) is 5.82 Å². The number of hydrogen-bond acceptors (Lipinski definition) is 3. The van der Waals surface area contributed by atoms with Crippen molar-refractivity contribution in [1.29, 1.82) is 0 Å². The lowest BCUT2D eigenvalue weighted by atomic mass is 10.2. The third-order valence-electron chi connectivity index (χ3n) is 2.64. The molecule has 0 atom stereocenters. The Balaban J connectivity index is 2.73. The molecule has 1 N–H and O–H groups in total. The van der Waals surface area contributed by atoms with Crippen LogP contribution in [0, 0.1) is 6.92 Å². The van der Waals surface area contributed by atoms with E-state index in [1.165, 1.54) is 7.05 Å². The first kappa shape index (κ1) is 12.4. The maximum absolute atomic E-state index is 11.9. The number of hydrogen-bond donors (Lipinski definition) is 1. The van der Waals surface area contributed by atoms with Crippen LogP contribution < -0.4 is 5.69 Å². The molecule has 0 spiro atoms. The molecule has 0 saturated heterocycles. The van der Waals surface area contributed by atoms with Gasteiger partial charge in [-0.05, 0) is 24.6 Å². The molecule has 2 aromatic rings. The average molecular weight is 268 g/mol. The molecule has 0 bridgehead atoms. The number of aromatic carboxylic acids is 1. The molecule has 0 aliphatic heterocycles. The standard InChI is InChI=1S/C11H10ClN3O3/c1-6-7(12)4-3-5-8(6)15-11(18)14(2)9(13-15)10(16)17/h3-5H,1-2H3,(H,16,17). The minimum atomic E-state index is -1.26. The van der Waals surface area contributed by atoms with E-state index in [0.717, 1.165) is 9.25 Å². The highest BCUT2D eigenvalue weighted by atomic mass is 35.5. The monoisotopic (exact) mass is 267 g/mol. The summed E-state index contributed by atoms with van der Waals surface area (Å²) in [5.74, 6) is -1.58. The number of carbonyl (C=O) groups is 1. The van der Waals surface area contributed by atoms with E-state index >= 15 is 0 Å². The molecule has 0 radical (unpaired) electrons. The van der Waals surface area contributed by atoms with Gasteiger partial charge in [0.15, 0.2) is 0 Å². The SMILES string of the molecule is Cc1c(Cl)cccc1-n1nc(C(=O)O)n(C)c1=O. The van der Waals surface area contributed by atoms with Crippen LogP contribution in [0.3, 0.4) is 0 Å². The summed E-state index contributed by atoms with van der Waals surface area (Å²) in [6.45, 7) is 1.74. The summed E-state index contributed by atoms with van der Waals surface area (Å²) >= 11 is 5.96. The lowest BCUT2D eigenvalue weighted by molar-refractivity contribution is 0.0678. The first-order valence-electron chi connectivity index (χ1n) is 5.08. The Kier molecular flexibility index (Phi) is 2.96. The number of aromatic nitrogens is 3. The molecule has 0 fully saturated rings. The molecule has 0 unspecified atom stereocenters. The highest BCUT2D eigenvalue weighted by Crippen LogP contribution is 2.20. The molecule has 1 aromatic carbocycles. The maximum atomic E-state index is 11.9. The van der Waals surface area contributed by atoms with Crippen molar-refractivity contribution in [3.63, 3.8) is 0 Å². The fraction of sp³-hybridized carbons (Fsp3) is 0.182. The van der Waals surface area contributed by atoms with Crippen molar-refractivity contribution in [3.05, 3.63) is 45.1 Å². The van der Waals surface area contributed by atoms with E-state index < -0.39 is 11.7 Å². The second-order valence-electron chi connectivity index (χ2n) is 3.77. The van der Waals surface area contributed by atoms with Gasteiger partial charge in [-0.2, -0.15) is 4.68 Å². The number of halogens is 1. The Morgan fingerprint density at radius 3 is 2.67 bits per heavy atom. The minimum Gasteiger partial charge on any atom is -0.475 e. The highest BCUT2D eigenvalue weighted by Gasteiger charge is 2.18. The molecule has 6 nitrogen and oxygen atoms in total. The van der Waals surface area contributed by atoms with E-state index in [4.69, 9.17) is 16.7 Å². The van der Waals surface area contributed by atoms with Crippen LogP contribution >= 0.6 is 11.6 Å². The zero-order valence-electron chi connectivity index (χ0n) is 9.72. The summed E-state index contributed by atoms with van der Waals surface area (Å²) in [5, 5.41) is 13.2. The summed E-state index contributed by atoms with van der Waals surface area (Å²) in [5.41, 5.74) is 0.602. The Morgan fingerprint density at radius 2 is 2.11 bits per heavy atom. The van der Waals surface area contributed by atoms with Gasteiger partial charge in [-0.15, -0.1) is 5.10 Å². The van der Waals surface area contributed by atoms with Gasteiger partial charge in [0.05, 0.1) is 5.69 Å². The van der Waals surface area contributed by atoms with Crippen molar-refractivity contribution in [3.8, 4) is 5.69 Å². The fourth-order valence-corrected chi connectivity index (χ4v) is 1.78. The average Bonchev–Trinajstić information content (AvgIpc) is 2.61. The molecule has 0 aliphatic carbocycles. The summed E-state index contributed by atoms with van der Waals surface area (Å²) in [7, 11) is 1.36. The van der Waals surface area contributed by atoms with Crippen molar-refractivity contribution in [1.82, 2.24) is 14.3 Å². The van der Waals surface area contributed by atoms with Crippen molar-refractivity contribution < 1.29 is 9.90 Å². The zero-order chi connectivity index (χ0) is 13.4. The third kappa shape index (κ3) is 1.80. The molecule has 1 aromatic heterocycles. The first-order valence-corrected chi connectivity index (χ1v) is 5.46. The van der Waals surface area contributed by atoms with Gasteiger partial charge in [-0.1, -0.05) is 17.7 Å². The van der Waals surface area contributed by atoms with E-state index in [2.05, 4.69) is 5.10 Å². The Morgan fingerprint density at radius 1 is 1.44 bits per heavy atom. The predicted octanol–water partition coefficient (Wildman–Crippen LogP) is 1.23. The van der Waals surface area contributed by atoms with Crippen molar-refractivity contribution in [2.45, 2.75) is 6.92 Å². The number of benzene rings is 1. The molecule has 18 heavy (non-hydrogen) atoms. The lowest BCUT2D eigenvalue weighted by Gasteiger charge is -2.05. The summed E-state index contributed by atoms with van der Waals surface area (Å²) in [6.07, 6.45) is 0. The first-order chi connectivity index (χ1) is 8.43. The minimum absolute atomic E-state index is 0.320. The zero-order valence-corrected chi connectivity index (χ0v) is 10.5. The highest BCUT2D eigenvalue weighted by molar-refractivity contribution is 6.31. The van der Waals surface area contributed by atoms with Gasteiger partial charge in [-0.25, -0.2) is 9.59 Å². The van der Waals surface area contributed by atoms with E-state index in [1.807, 2.05) is 0 Å². The van der Waals surface area contributed by atoms with Crippen LogP contribution in [0.1, 0.15) is 16.2 Å². The van der Waals surface area contributed by atoms with Gasteiger partial charge >= 0.3 is 11.7 Å². The summed E-state index contributed by atoms with van der Waals surface area (Å²) < 4.78 is 2.01. The maximum Gasteiger partial charge on any atom is 0.374 e. The molecule has 2 rings (SSSR count). The van der Waals surface area contributed by atoms with E-state index in [9.17, 15) is 9.59 Å². The molecule has 0 amide bonds. The lowest BCUT2D eigenvalue weighted by Crippen LogP contribution is -2.23. The topological polar surface area (TPSA) is 77.1 Å². The van der Waals surface area contributed by atoms with Gasteiger partial charge in [0, 0.05) is 12.1 Å². The molecular weight excluding hydrogens is 258 g/mol. The van der Waals surface area contributed by atoms with E-state index in [-0.39, 0.29) is 5.82 Å². The Labute approximate surface area is 107 Å². The van der Waals surface area contributed by atoms with Crippen molar-refractivity contribution in [2.24, 2.45) is 7.05 Å². The van der Waals surface area contributed by atoms with Gasteiger partial charge < -0.3 is 5.11 Å². The van der Waals surface area contributed by atoms with Crippen LogP contribution in [0.15, 0.2) is 23.0 Å². The molecule has 7 heteroatoms. The number of carboxylic acid groups (broad SMARTS) is 1. The van der Waals surface area contributed by atoms with Crippen LogP contribution in [0.4, 0.5) is 0 Å². The Bertz CT molecular complexity index is 687. The summed E-state index contributed by atoms with van der Waals surface area (Å²) in [4.78, 5) is 22.8. The van der Waals surface area contributed by atoms with Crippen LogP contribution in [-0.2, 0) is 7.05 Å². The Hall–Kier alpha value is -2.08. The summed E-state index contributed by atoms with van der Waals surface area (Å²) in [6, 6.07) is 5.01. The molecule has 94 valence electrons. The smallest absolute Gasteiger partial charge is 0.374 e. The molecule has 1 heterocycles. The van der Waals surface area contributed by atoms with Gasteiger partial charge in [0.25, 0.3) is 0 Å². The quantitative estimate of drug-likeness (QED) is 0.888. The number of nitrogens with zero attached hydrogens (tertiary/aromatic N) is 3. The van der Waals surface area contributed by atoms with Gasteiger partial charge in [-0.3, -0.25) is 4.57 Å². The number of rotatable bonds is 2. The molecular formula is C11H10ClN3O3. The van der Waals surface area contributed by atoms with Crippen LogP contribution in [0.2, 0.25) is 5.02 Å². The second-order valence-corrected chi connectivity index (χ2v) is 4.17. The van der Waals surface area contributed by atoms with Crippen LogP contribution in [0.25, 0.3) is 5.69 Å². The fourth-order valence-electron chi connectivity index (χ4n) is 1.61. The number of carboxylic acids is 1. The second kappa shape index (κ2) is 4.30. The third-order valence-corrected chi connectivity index (χ3v) is 3.05. The van der Waals surface area contributed by atoms with Crippen LogP contribution in [0.5, 0.6) is 0 Å².